The van der Waals surface area contributed by atoms with E-state index in [2.05, 4.69) is 5.32 Å². The Morgan fingerprint density at radius 2 is 1.94 bits per heavy atom. The maximum Gasteiger partial charge on any atom is 0.411 e. The number of hydrogen-bond acceptors (Lipinski definition) is 3. The zero-order chi connectivity index (χ0) is 13.5. The van der Waals surface area contributed by atoms with Crippen molar-refractivity contribution in [2.45, 2.75) is 6.10 Å². The van der Waals surface area contributed by atoms with E-state index in [1.165, 1.54) is 12.1 Å². The number of halogens is 3. The highest BCUT2D eigenvalue weighted by molar-refractivity contribution is 6.67. The summed E-state index contributed by atoms with van der Waals surface area (Å²) in [5, 5.41) is 1.84. The van der Waals surface area contributed by atoms with Crippen LogP contribution in [0.4, 0.5) is 10.5 Å². The smallest absolute Gasteiger partial charge is 0.411 e. The number of carbonyl (C=O) groups excluding carboxylic acids is 2. The third-order valence-electron chi connectivity index (χ3n) is 1.95. The predicted octanol–water partition coefficient (Wildman–Crippen LogP) is 3.46. The summed E-state index contributed by atoms with van der Waals surface area (Å²) in [6, 6.07) is 6.16. The van der Waals surface area contributed by atoms with E-state index in [-0.39, 0.29) is 17.3 Å². The molecule has 0 aliphatic rings. The number of rotatable bonds is 5. The summed E-state index contributed by atoms with van der Waals surface area (Å²) in [6.45, 7) is 0. The van der Waals surface area contributed by atoms with Crippen LogP contribution in [0.25, 0.3) is 0 Å². The molecule has 98 valence electrons. The van der Waals surface area contributed by atoms with Gasteiger partial charge < -0.3 is 4.74 Å². The summed E-state index contributed by atoms with van der Waals surface area (Å²) in [7, 11) is 0. The standard InChI is InChI=1S/C11H10Cl3NO3/c12-5-9(6-13)18-11(17)15-8-3-1-2-7(4-8)10(14)16/h1-4,9H,5-6H2,(H,15,17). The van der Waals surface area contributed by atoms with E-state index in [0.29, 0.717) is 5.69 Å². The van der Waals surface area contributed by atoms with Gasteiger partial charge in [-0.1, -0.05) is 6.07 Å². The number of anilines is 1. The monoisotopic (exact) mass is 309 g/mol. The van der Waals surface area contributed by atoms with Crippen LogP contribution >= 0.6 is 34.8 Å². The van der Waals surface area contributed by atoms with Crippen LogP contribution in [0.5, 0.6) is 0 Å². The molecule has 18 heavy (non-hydrogen) atoms. The molecule has 1 amide bonds. The number of ether oxygens (including phenoxy) is 1. The first-order valence-corrected chi connectivity index (χ1v) is 6.41. The van der Waals surface area contributed by atoms with Gasteiger partial charge in [0.2, 0.25) is 0 Å². The highest BCUT2D eigenvalue weighted by Gasteiger charge is 2.12. The topological polar surface area (TPSA) is 55.4 Å². The van der Waals surface area contributed by atoms with Gasteiger partial charge in [-0.15, -0.1) is 23.2 Å². The Morgan fingerprint density at radius 3 is 2.50 bits per heavy atom. The summed E-state index contributed by atoms with van der Waals surface area (Å²) in [4.78, 5) is 22.4. The molecule has 0 saturated heterocycles. The first kappa shape index (κ1) is 15.1. The average molecular weight is 311 g/mol. The summed E-state index contributed by atoms with van der Waals surface area (Å²) >= 11 is 16.4. The van der Waals surface area contributed by atoms with Crippen LogP contribution < -0.4 is 5.32 Å². The zero-order valence-corrected chi connectivity index (χ0v) is 11.4. The van der Waals surface area contributed by atoms with Crippen LogP contribution in [0.2, 0.25) is 0 Å². The summed E-state index contributed by atoms with van der Waals surface area (Å²) in [5.74, 6) is 0.217. The molecule has 0 fully saturated rings. The summed E-state index contributed by atoms with van der Waals surface area (Å²) < 4.78 is 4.92. The minimum atomic E-state index is -0.694. The lowest BCUT2D eigenvalue weighted by atomic mass is 10.2. The van der Waals surface area contributed by atoms with Gasteiger partial charge in [-0.3, -0.25) is 10.1 Å². The van der Waals surface area contributed by atoms with E-state index in [9.17, 15) is 9.59 Å². The molecule has 0 heterocycles. The van der Waals surface area contributed by atoms with Gasteiger partial charge in [0.1, 0.15) is 6.10 Å². The third kappa shape index (κ3) is 4.72. The van der Waals surface area contributed by atoms with E-state index < -0.39 is 17.4 Å². The number of hydrogen-bond donors (Lipinski definition) is 1. The number of benzene rings is 1. The van der Waals surface area contributed by atoms with Crippen molar-refractivity contribution < 1.29 is 14.3 Å². The second-order valence-electron chi connectivity index (χ2n) is 3.32. The quantitative estimate of drug-likeness (QED) is 0.669. The molecule has 0 aromatic heterocycles. The lowest BCUT2D eigenvalue weighted by molar-refractivity contribution is 0.108. The summed E-state index contributed by atoms with van der Waals surface area (Å²) in [6.07, 6.45) is -1.26. The van der Waals surface area contributed by atoms with Gasteiger partial charge >= 0.3 is 6.09 Å². The van der Waals surface area contributed by atoms with E-state index in [0.717, 1.165) is 0 Å². The van der Waals surface area contributed by atoms with E-state index in [1.807, 2.05) is 0 Å². The Bertz CT molecular complexity index is 435. The second-order valence-corrected chi connectivity index (χ2v) is 4.28. The first-order valence-electron chi connectivity index (χ1n) is 4.96. The molecule has 0 aliphatic heterocycles. The third-order valence-corrected chi connectivity index (χ3v) is 2.86. The molecular formula is C11H10Cl3NO3. The van der Waals surface area contributed by atoms with Gasteiger partial charge in [-0.05, 0) is 29.8 Å². The average Bonchev–Trinajstić information content (AvgIpc) is 2.36. The molecular weight excluding hydrogens is 300 g/mol. The largest absolute Gasteiger partial charge is 0.443 e. The number of amides is 1. The molecule has 0 saturated carbocycles. The Labute approximate surface area is 119 Å². The fourth-order valence-corrected chi connectivity index (χ4v) is 1.70. The Morgan fingerprint density at radius 1 is 1.28 bits per heavy atom. The van der Waals surface area contributed by atoms with Crippen molar-refractivity contribution in [3.63, 3.8) is 0 Å². The molecule has 0 atom stereocenters. The Hall–Kier alpha value is -0.970. The Balaban J connectivity index is 2.64. The van der Waals surface area contributed by atoms with Gasteiger partial charge in [-0.2, -0.15) is 0 Å². The fourth-order valence-electron chi connectivity index (χ4n) is 1.12. The molecule has 1 rings (SSSR count). The van der Waals surface area contributed by atoms with Gasteiger partial charge in [0.15, 0.2) is 0 Å². The maximum absolute atomic E-state index is 11.5. The van der Waals surface area contributed by atoms with Gasteiger partial charge in [0.25, 0.3) is 5.24 Å². The molecule has 0 bridgehead atoms. The SMILES string of the molecule is O=C(Nc1cccc(C(=O)Cl)c1)OC(CCl)CCl. The zero-order valence-electron chi connectivity index (χ0n) is 9.16. The highest BCUT2D eigenvalue weighted by atomic mass is 35.5. The molecule has 1 aromatic carbocycles. The van der Waals surface area contributed by atoms with Crippen LogP contribution in [0.3, 0.4) is 0 Å². The number of carbonyl (C=O) groups is 2. The number of nitrogens with one attached hydrogen (secondary N) is 1. The molecule has 1 N–H and O–H groups in total. The van der Waals surface area contributed by atoms with Crippen molar-refractivity contribution in [2.24, 2.45) is 0 Å². The van der Waals surface area contributed by atoms with Crippen molar-refractivity contribution in [2.75, 3.05) is 17.1 Å². The van der Waals surface area contributed by atoms with Crippen molar-refractivity contribution in [3.05, 3.63) is 29.8 Å². The van der Waals surface area contributed by atoms with E-state index in [1.54, 1.807) is 12.1 Å². The predicted molar refractivity (Wildman–Crippen MR) is 72.0 cm³/mol. The maximum atomic E-state index is 11.5. The molecule has 7 heteroatoms. The van der Waals surface area contributed by atoms with Crippen molar-refractivity contribution in [1.82, 2.24) is 0 Å². The lowest BCUT2D eigenvalue weighted by Crippen LogP contribution is -2.25. The lowest BCUT2D eigenvalue weighted by Gasteiger charge is -2.13. The van der Waals surface area contributed by atoms with Gasteiger partial charge in [0, 0.05) is 11.3 Å². The molecule has 0 spiro atoms. The molecule has 1 aromatic rings. The van der Waals surface area contributed by atoms with Crippen LogP contribution in [-0.4, -0.2) is 29.2 Å². The summed E-state index contributed by atoms with van der Waals surface area (Å²) in [5.41, 5.74) is 0.676. The van der Waals surface area contributed by atoms with Crippen LogP contribution in [-0.2, 0) is 4.74 Å². The minimum Gasteiger partial charge on any atom is -0.443 e. The van der Waals surface area contributed by atoms with E-state index in [4.69, 9.17) is 39.5 Å². The second kappa shape index (κ2) is 7.46. The van der Waals surface area contributed by atoms with Crippen LogP contribution in [0, 0.1) is 0 Å². The van der Waals surface area contributed by atoms with E-state index >= 15 is 0 Å². The fraction of sp³-hybridized carbons (Fsp3) is 0.273. The van der Waals surface area contributed by atoms with Gasteiger partial charge in [0.05, 0.1) is 11.8 Å². The van der Waals surface area contributed by atoms with Crippen molar-refractivity contribution in [3.8, 4) is 0 Å². The minimum absolute atomic E-state index is 0.108. The normalized spacial score (nSPS) is 10.2. The highest BCUT2D eigenvalue weighted by Crippen LogP contribution is 2.13. The van der Waals surface area contributed by atoms with Crippen molar-refractivity contribution in [1.29, 1.82) is 0 Å². The van der Waals surface area contributed by atoms with Crippen LogP contribution in [0.1, 0.15) is 10.4 Å². The van der Waals surface area contributed by atoms with Crippen molar-refractivity contribution >= 4 is 51.8 Å². The van der Waals surface area contributed by atoms with Crippen LogP contribution in [0.15, 0.2) is 24.3 Å². The van der Waals surface area contributed by atoms with Gasteiger partial charge in [-0.25, -0.2) is 4.79 Å². The molecule has 4 nitrogen and oxygen atoms in total. The molecule has 0 radical (unpaired) electrons. The first-order chi connectivity index (χ1) is 8.56. The molecule has 0 unspecified atom stereocenters. The number of alkyl halides is 2. The Kier molecular flexibility index (Phi) is 6.25. The molecule has 0 aliphatic carbocycles.